The highest BCUT2D eigenvalue weighted by Crippen LogP contribution is 2.33. The lowest BCUT2D eigenvalue weighted by Crippen LogP contribution is -2.37. The Morgan fingerprint density at radius 1 is 1.31 bits per heavy atom. The molecule has 10 heteroatoms. The average molecular weight is 550 g/mol. The predicted molar refractivity (Wildman–Crippen MR) is 133 cm³/mol. The molecule has 0 saturated heterocycles. The number of rotatable bonds is 9. The number of hydrogen-bond acceptors (Lipinski definition) is 6. The van der Waals surface area contributed by atoms with E-state index in [0.717, 1.165) is 47.8 Å². The van der Waals surface area contributed by atoms with Crippen LogP contribution in [-0.4, -0.2) is 45.6 Å². The second-order valence-corrected chi connectivity index (χ2v) is 8.91. The van der Waals surface area contributed by atoms with Crippen LogP contribution in [0.4, 0.5) is 0 Å². The van der Waals surface area contributed by atoms with Gasteiger partial charge < -0.3 is 15.2 Å². The van der Waals surface area contributed by atoms with Crippen molar-refractivity contribution in [1.82, 2.24) is 30.4 Å². The summed E-state index contributed by atoms with van der Waals surface area (Å²) < 4.78 is 2.39. The summed E-state index contributed by atoms with van der Waals surface area (Å²) in [5.74, 6) is 1.94. The quantitative estimate of drug-likeness (QED) is 0.162. The molecule has 1 fully saturated rings. The van der Waals surface area contributed by atoms with E-state index in [1.165, 1.54) is 30.6 Å². The van der Waals surface area contributed by atoms with Gasteiger partial charge in [-0.1, -0.05) is 31.5 Å². The number of hydrogen-bond donors (Lipinski definition) is 2. The molecular formula is C19H32IN7S2. The second kappa shape index (κ2) is 12.7. The van der Waals surface area contributed by atoms with E-state index in [1.807, 2.05) is 6.20 Å². The molecule has 29 heavy (non-hydrogen) atoms. The van der Waals surface area contributed by atoms with Gasteiger partial charge in [-0.25, -0.2) is 4.98 Å². The zero-order valence-electron chi connectivity index (χ0n) is 17.5. The number of thiazole rings is 1. The normalized spacial score (nSPS) is 14.8. The highest BCUT2D eigenvalue weighted by atomic mass is 127. The topological polar surface area (TPSA) is 80.0 Å². The molecule has 1 saturated carbocycles. The van der Waals surface area contributed by atoms with Gasteiger partial charge in [0.2, 0.25) is 0 Å². The fourth-order valence-electron chi connectivity index (χ4n) is 3.57. The third-order valence-corrected chi connectivity index (χ3v) is 6.84. The van der Waals surface area contributed by atoms with Crippen molar-refractivity contribution in [3.8, 4) is 0 Å². The van der Waals surface area contributed by atoms with Crippen LogP contribution in [0.5, 0.6) is 0 Å². The summed E-state index contributed by atoms with van der Waals surface area (Å²) in [5.41, 5.74) is 0. The Bertz CT molecular complexity index is 768. The molecule has 1 aliphatic rings. The monoisotopic (exact) mass is 549 g/mol. The van der Waals surface area contributed by atoms with E-state index < -0.39 is 0 Å². The molecule has 162 valence electrons. The van der Waals surface area contributed by atoms with E-state index in [1.54, 1.807) is 30.1 Å². The van der Waals surface area contributed by atoms with Crippen molar-refractivity contribution >= 4 is 53.0 Å². The Labute approximate surface area is 199 Å². The Balaban J connectivity index is 0.00000300. The first kappa shape index (κ1) is 24.4. The lowest BCUT2D eigenvalue weighted by atomic mass is 10.2. The maximum Gasteiger partial charge on any atom is 0.191 e. The van der Waals surface area contributed by atoms with Crippen LogP contribution in [0.2, 0.25) is 0 Å². The van der Waals surface area contributed by atoms with Crippen LogP contribution in [0.3, 0.4) is 0 Å². The van der Waals surface area contributed by atoms with Crippen molar-refractivity contribution in [2.75, 3.05) is 19.8 Å². The summed E-state index contributed by atoms with van der Waals surface area (Å²) in [6, 6.07) is 0.584. The minimum absolute atomic E-state index is 0. The summed E-state index contributed by atoms with van der Waals surface area (Å²) in [6.45, 7) is 3.71. The van der Waals surface area contributed by atoms with E-state index >= 15 is 0 Å². The van der Waals surface area contributed by atoms with Crippen molar-refractivity contribution < 1.29 is 0 Å². The van der Waals surface area contributed by atoms with Gasteiger partial charge >= 0.3 is 0 Å². The number of nitrogens with one attached hydrogen (secondary N) is 2. The van der Waals surface area contributed by atoms with E-state index in [-0.39, 0.29) is 24.0 Å². The Morgan fingerprint density at radius 2 is 2.10 bits per heavy atom. The van der Waals surface area contributed by atoms with Crippen LogP contribution >= 0.6 is 47.1 Å². The van der Waals surface area contributed by atoms with Crippen LogP contribution in [0.1, 0.15) is 60.8 Å². The number of aryl methyl sites for hydroxylation is 2. The van der Waals surface area contributed by atoms with E-state index in [4.69, 9.17) is 0 Å². The third-order valence-electron chi connectivity index (χ3n) is 5.06. The molecule has 3 rings (SSSR count). The molecule has 1 aliphatic carbocycles. The first-order valence-electron chi connectivity index (χ1n) is 10.1. The Hall–Kier alpha value is -0.880. The van der Waals surface area contributed by atoms with E-state index in [2.05, 4.69) is 48.6 Å². The van der Waals surface area contributed by atoms with E-state index in [0.29, 0.717) is 12.6 Å². The van der Waals surface area contributed by atoms with Crippen LogP contribution < -0.4 is 10.6 Å². The zero-order valence-corrected chi connectivity index (χ0v) is 21.4. The summed E-state index contributed by atoms with van der Waals surface area (Å²) in [7, 11) is 1.80. The van der Waals surface area contributed by atoms with Gasteiger partial charge in [-0.2, -0.15) is 0 Å². The average Bonchev–Trinajstić information content (AvgIpc) is 3.47. The molecule has 2 aromatic rings. The smallest absolute Gasteiger partial charge is 0.191 e. The fraction of sp³-hybridized carbons (Fsp3) is 0.684. The first-order chi connectivity index (χ1) is 13.7. The first-order valence-corrected chi connectivity index (χ1v) is 12.1. The highest BCUT2D eigenvalue weighted by Gasteiger charge is 2.23. The maximum atomic E-state index is 4.47. The Morgan fingerprint density at radius 3 is 2.76 bits per heavy atom. The van der Waals surface area contributed by atoms with Gasteiger partial charge in [0.25, 0.3) is 0 Å². The van der Waals surface area contributed by atoms with Crippen LogP contribution in [0.15, 0.2) is 16.3 Å². The molecule has 0 bridgehead atoms. The van der Waals surface area contributed by atoms with Gasteiger partial charge in [-0.05, 0) is 31.9 Å². The number of halogens is 1. The van der Waals surface area contributed by atoms with Crippen molar-refractivity contribution in [2.24, 2.45) is 4.99 Å². The molecule has 0 aromatic carbocycles. The third kappa shape index (κ3) is 6.81. The van der Waals surface area contributed by atoms with E-state index in [9.17, 15) is 0 Å². The van der Waals surface area contributed by atoms with Crippen molar-refractivity contribution in [1.29, 1.82) is 0 Å². The molecule has 0 spiro atoms. The van der Waals surface area contributed by atoms with Gasteiger partial charge in [-0.3, -0.25) is 4.99 Å². The molecule has 0 atom stereocenters. The van der Waals surface area contributed by atoms with Crippen molar-refractivity contribution in [3.05, 3.63) is 21.9 Å². The van der Waals surface area contributed by atoms with Gasteiger partial charge in [0, 0.05) is 37.1 Å². The number of aliphatic imine (C=N–C) groups is 1. The summed E-state index contributed by atoms with van der Waals surface area (Å²) >= 11 is 3.45. The van der Waals surface area contributed by atoms with Gasteiger partial charge in [0.1, 0.15) is 10.8 Å². The number of guanidine groups is 1. The number of nitrogens with zero attached hydrogens (tertiary/aromatic N) is 5. The standard InChI is InChI=1S/C19H31N7S2.HI/c1-4-15-12-22-17(28-15)13-23-18(20-2)21-11-7-10-16-24-25-19(27-3)26(16)14-8-5-6-9-14;/h12,14H,4-11,13H2,1-3H3,(H2,20,21,23);1H. The summed E-state index contributed by atoms with van der Waals surface area (Å²) in [6.07, 6.45) is 12.2. The second-order valence-electron chi connectivity index (χ2n) is 6.94. The molecular weight excluding hydrogens is 517 g/mol. The van der Waals surface area contributed by atoms with Crippen LogP contribution in [0.25, 0.3) is 0 Å². The molecule has 2 aromatic heterocycles. The van der Waals surface area contributed by atoms with Crippen molar-refractivity contribution in [3.63, 3.8) is 0 Å². The maximum absolute atomic E-state index is 4.47. The minimum atomic E-state index is 0. The summed E-state index contributed by atoms with van der Waals surface area (Å²) in [5, 5.41) is 17.7. The highest BCUT2D eigenvalue weighted by molar-refractivity contribution is 14.0. The largest absolute Gasteiger partial charge is 0.356 e. The SMILES string of the molecule is CCc1cnc(CNC(=NC)NCCCc2nnc(SC)n2C2CCCC2)s1.I. The molecule has 7 nitrogen and oxygen atoms in total. The lowest BCUT2D eigenvalue weighted by molar-refractivity contribution is 0.460. The Kier molecular flexibility index (Phi) is 10.7. The molecule has 0 aliphatic heterocycles. The molecule has 0 unspecified atom stereocenters. The van der Waals surface area contributed by atoms with Gasteiger partial charge in [-0.15, -0.1) is 45.5 Å². The van der Waals surface area contributed by atoms with Crippen LogP contribution in [0, 0.1) is 0 Å². The predicted octanol–water partition coefficient (Wildman–Crippen LogP) is 4.05. The van der Waals surface area contributed by atoms with Gasteiger partial charge in [0.05, 0.1) is 6.54 Å². The van der Waals surface area contributed by atoms with Crippen molar-refractivity contribution in [2.45, 2.75) is 69.6 Å². The molecule has 0 amide bonds. The molecule has 2 N–H and O–H groups in total. The lowest BCUT2D eigenvalue weighted by Gasteiger charge is -2.16. The van der Waals surface area contributed by atoms with Crippen LogP contribution in [-0.2, 0) is 19.4 Å². The molecule has 2 heterocycles. The number of thioether (sulfide) groups is 1. The summed E-state index contributed by atoms with van der Waals surface area (Å²) in [4.78, 5) is 10.1. The fourth-order valence-corrected chi connectivity index (χ4v) is 4.95. The molecule has 0 radical (unpaired) electrons. The minimum Gasteiger partial charge on any atom is -0.356 e. The van der Waals surface area contributed by atoms with Gasteiger partial charge in [0.15, 0.2) is 11.1 Å². The zero-order chi connectivity index (χ0) is 19.8. The number of aromatic nitrogens is 4.